The van der Waals surface area contributed by atoms with Crippen LogP contribution in [0.1, 0.15) is 36.8 Å². The summed E-state index contributed by atoms with van der Waals surface area (Å²) in [4.78, 5) is 30.0. The first kappa shape index (κ1) is 35.7. The van der Waals surface area contributed by atoms with Crippen molar-refractivity contribution in [2.75, 3.05) is 25.1 Å². The molecule has 0 spiro atoms. The third kappa shape index (κ3) is 8.90. The smallest absolute Gasteiger partial charge is 0.264 e. The van der Waals surface area contributed by atoms with Gasteiger partial charge < -0.3 is 19.7 Å². The van der Waals surface area contributed by atoms with Gasteiger partial charge in [0.15, 0.2) is 11.5 Å². The van der Waals surface area contributed by atoms with Crippen LogP contribution in [0.3, 0.4) is 0 Å². The number of hydrogen-bond acceptors (Lipinski definition) is 6. The number of methoxy groups -OCH3 is 2. The summed E-state index contributed by atoms with van der Waals surface area (Å²) in [5.74, 6) is -0.900. The molecule has 1 aliphatic rings. The summed E-state index contributed by atoms with van der Waals surface area (Å²) in [5, 5.41) is 3.51. The Morgan fingerprint density at radius 2 is 1.53 bits per heavy atom. The van der Waals surface area contributed by atoms with Gasteiger partial charge in [0, 0.05) is 30.1 Å². The molecule has 1 saturated carbocycles. The van der Waals surface area contributed by atoms with Crippen LogP contribution < -0.4 is 19.1 Å². The molecule has 4 aromatic rings. The standard InChI is InChI=1S/C37H39ClFN3O6S/c1-47-34-21-20-32(23-35(34)48-2)49(45,46)42(31-18-14-28(38)15-19-31)25-36(43)41(24-27-12-16-29(39)17-13-27)33(22-26-8-4-3-5-9-26)37(44)40-30-10-6-7-11-30/h3-5,8-9,12-21,23,30,33H,6-7,10-11,22,24-25H2,1-2H3,(H,40,44)/t33-/m0/s1. The lowest BCUT2D eigenvalue weighted by molar-refractivity contribution is -0.140. The van der Waals surface area contributed by atoms with E-state index in [1.807, 2.05) is 30.3 Å². The zero-order valence-corrected chi connectivity index (χ0v) is 28.9. The number of nitrogens with zero attached hydrogens (tertiary/aromatic N) is 2. The van der Waals surface area contributed by atoms with Crippen molar-refractivity contribution < 1.29 is 31.9 Å². The van der Waals surface area contributed by atoms with Crippen LogP contribution in [0.2, 0.25) is 5.02 Å². The molecule has 4 aromatic carbocycles. The van der Waals surface area contributed by atoms with Crippen molar-refractivity contribution in [3.63, 3.8) is 0 Å². The van der Waals surface area contributed by atoms with Gasteiger partial charge in [0.05, 0.1) is 24.8 Å². The summed E-state index contributed by atoms with van der Waals surface area (Å²) in [5.41, 5.74) is 1.57. The van der Waals surface area contributed by atoms with Gasteiger partial charge in [0.2, 0.25) is 11.8 Å². The second-order valence-corrected chi connectivity index (χ2v) is 14.1. The van der Waals surface area contributed by atoms with Gasteiger partial charge in [-0.15, -0.1) is 0 Å². The SMILES string of the molecule is COc1ccc(S(=O)(=O)N(CC(=O)N(Cc2ccc(F)cc2)[C@@H](Cc2ccccc2)C(=O)NC2CCCC2)c2ccc(Cl)cc2)cc1OC. The fourth-order valence-electron chi connectivity index (χ4n) is 5.95. The highest BCUT2D eigenvalue weighted by Gasteiger charge is 2.36. The highest BCUT2D eigenvalue weighted by atomic mass is 35.5. The van der Waals surface area contributed by atoms with E-state index < -0.39 is 34.3 Å². The zero-order chi connectivity index (χ0) is 35.0. The van der Waals surface area contributed by atoms with E-state index in [2.05, 4.69) is 5.32 Å². The second kappa shape index (κ2) is 16.2. The molecule has 1 N–H and O–H groups in total. The largest absolute Gasteiger partial charge is 0.493 e. The van der Waals surface area contributed by atoms with Crippen LogP contribution in [0, 0.1) is 5.82 Å². The van der Waals surface area contributed by atoms with Crippen molar-refractivity contribution >= 4 is 39.1 Å². The van der Waals surface area contributed by atoms with E-state index in [0.717, 1.165) is 35.6 Å². The van der Waals surface area contributed by atoms with E-state index in [-0.39, 0.29) is 41.2 Å². The zero-order valence-electron chi connectivity index (χ0n) is 27.4. The van der Waals surface area contributed by atoms with Crippen LogP contribution in [-0.4, -0.2) is 58.0 Å². The van der Waals surface area contributed by atoms with Crippen LogP contribution >= 0.6 is 11.6 Å². The molecule has 0 saturated heterocycles. The Morgan fingerprint density at radius 1 is 0.878 bits per heavy atom. The molecule has 12 heteroatoms. The number of anilines is 1. The summed E-state index contributed by atoms with van der Waals surface area (Å²) in [6.07, 6.45) is 3.84. The number of rotatable bonds is 14. The Morgan fingerprint density at radius 3 is 2.16 bits per heavy atom. The second-order valence-electron chi connectivity index (χ2n) is 11.8. The molecule has 5 rings (SSSR count). The first-order chi connectivity index (χ1) is 23.6. The Balaban J connectivity index is 1.57. The quantitative estimate of drug-likeness (QED) is 0.163. The molecule has 0 heterocycles. The van der Waals surface area contributed by atoms with Gasteiger partial charge in [-0.1, -0.05) is 66.9 Å². The monoisotopic (exact) mass is 707 g/mol. The lowest BCUT2D eigenvalue weighted by Crippen LogP contribution is -2.54. The van der Waals surface area contributed by atoms with Crippen LogP contribution in [0.4, 0.5) is 10.1 Å². The maximum Gasteiger partial charge on any atom is 0.264 e. The average Bonchev–Trinajstić information content (AvgIpc) is 3.63. The Labute approximate surface area is 291 Å². The predicted molar refractivity (Wildman–Crippen MR) is 187 cm³/mol. The molecule has 1 aliphatic carbocycles. The maximum atomic E-state index is 14.6. The van der Waals surface area contributed by atoms with E-state index in [0.29, 0.717) is 16.3 Å². The minimum Gasteiger partial charge on any atom is -0.493 e. The number of carbonyl (C=O) groups excluding carboxylic acids is 2. The van der Waals surface area contributed by atoms with Crippen LogP contribution in [0.5, 0.6) is 11.5 Å². The minimum atomic E-state index is -4.40. The third-order valence-electron chi connectivity index (χ3n) is 8.58. The molecule has 1 fully saturated rings. The van der Waals surface area contributed by atoms with Gasteiger partial charge in [-0.2, -0.15) is 0 Å². The molecule has 0 bridgehead atoms. The van der Waals surface area contributed by atoms with Crippen molar-refractivity contribution in [2.24, 2.45) is 0 Å². The van der Waals surface area contributed by atoms with Gasteiger partial charge in [-0.25, -0.2) is 12.8 Å². The van der Waals surface area contributed by atoms with Crippen molar-refractivity contribution in [3.05, 3.63) is 119 Å². The van der Waals surface area contributed by atoms with Gasteiger partial charge >= 0.3 is 0 Å². The summed E-state index contributed by atoms with van der Waals surface area (Å²) < 4.78 is 54.3. The van der Waals surface area contributed by atoms with E-state index >= 15 is 0 Å². The summed E-state index contributed by atoms with van der Waals surface area (Å²) in [6, 6.07) is 24.2. The lowest BCUT2D eigenvalue weighted by atomic mass is 10.0. The van der Waals surface area contributed by atoms with E-state index in [1.165, 1.54) is 73.7 Å². The number of ether oxygens (including phenoxy) is 2. The fourth-order valence-corrected chi connectivity index (χ4v) is 7.50. The number of halogens is 2. The van der Waals surface area contributed by atoms with Crippen LogP contribution in [0.25, 0.3) is 0 Å². The molecule has 2 amide bonds. The summed E-state index contributed by atoms with van der Waals surface area (Å²) >= 11 is 6.16. The number of hydrogen-bond donors (Lipinski definition) is 1. The molecule has 0 unspecified atom stereocenters. The third-order valence-corrected chi connectivity index (χ3v) is 10.6. The summed E-state index contributed by atoms with van der Waals surface area (Å²) in [6.45, 7) is -0.721. The van der Waals surface area contributed by atoms with Crippen molar-refractivity contribution in [2.45, 2.75) is 55.6 Å². The molecular formula is C37H39ClFN3O6S. The number of nitrogens with one attached hydrogen (secondary N) is 1. The highest BCUT2D eigenvalue weighted by Crippen LogP contribution is 2.33. The first-order valence-corrected chi connectivity index (χ1v) is 17.8. The molecule has 49 heavy (non-hydrogen) atoms. The van der Waals surface area contributed by atoms with Crippen molar-refractivity contribution in [3.8, 4) is 11.5 Å². The maximum absolute atomic E-state index is 14.6. The minimum absolute atomic E-state index is 0.0236. The van der Waals surface area contributed by atoms with Crippen molar-refractivity contribution in [1.82, 2.24) is 10.2 Å². The topological polar surface area (TPSA) is 105 Å². The molecule has 258 valence electrons. The Kier molecular flexibility index (Phi) is 11.8. The molecule has 0 aliphatic heterocycles. The van der Waals surface area contributed by atoms with Gasteiger partial charge in [0.25, 0.3) is 10.0 Å². The first-order valence-electron chi connectivity index (χ1n) is 16.0. The van der Waals surface area contributed by atoms with Gasteiger partial charge in [-0.3, -0.25) is 13.9 Å². The number of benzene rings is 4. The Hall–Kier alpha value is -4.61. The van der Waals surface area contributed by atoms with Gasteiger partial charge in [0.1, 0.15) is 18.4 Å². The van der Waals surface area contributed by atoms with Gasteiger partial charge in [-0.05, 0) is 72.5 Å². The molecule has 1 atom stereocenters. The molecule has 9 nitrogen and oxygen atoms in total. The average molecular weight is 708 g/mol. The molecule has 0 aromatic heterocycles. The Bertz CT molecular complexity index is 1840. The van der Waals surface area contributed by atoms with Crippen molar-refractivity contribution in [1.29, 1.82) is 0 Å². The lowest BCUT2D eigenvalue weighted by Gasteiger charge is -2.34. The van der Waals surface area contributed by atoms with Crippen LogP contribution in [0.15, 0.2) is 102 Å². The summed E-state index contributed by atoms with van der Waals surface area (Å²) in [7, 11) is -1.56. The highest BCUT2D eigenvalue weighted by molar-refractivity contribution is 7.92. The van der Waals surface area contributed by atoms with E-state index in [1.54, 1.807) is 12.1 Å². The van der Waals surface area contributed by atoms with Crippen LogP contribution in [-0.2, 0) is 32.6 Å². The number of amides is 2. The number of sulfonamides is 1. The predicted octanol–water partition coefficient (Wildman–Crippen LogP) is 6.39. The number of carbonyl (C=O) groups is 2. The molecular weight excluding hydrogens is 669 g/mol. The van der Waals surface area contributed by atoms with E-state index in [4.69, 9.17) is 21.1 Å². The normalized spacial score (nSPS) is 13.8. The fraction of sp³-hybridized carbons (Fsp3) is 0.297. The molecule has 0 radical (unpaired) electrons. The van der Waals surface area contributed by atoms with E-state index in [9.17, 15) is 22.4 Å².